The van der Waals surface area contributed by atoms with Crippen LogP contribution < -0.4 is 0 Å². The maximum Gasteiger partial charge on any atom is 0.0269 e. The second-order valence-electron chi connectivity index (χ2n) is 2.33. The van der Waals surface area contributed by atoms with Crippen molar-refractivity contribution in [2.24, 2.45) is 0 Å². The van der Waals surface area contributed by atoms with Gasteiger partial charge in [-0.25, -0.2) is 0 Å². The van der Waals surface area contributed by atoms with Gasteiger partial charge in [0.15, 0.2) is 0 Å². The van der Waals surface area contributed by atoms with Crippen molar-refractivity contribution in [1.29, 1.82) is 0 Å². The molecule has 0 aliphatic carbocycles. The van der Waals surface area contributed by atoms with Crippen LogP contribution >= 0.6 is 0 Å². The molecule has 0 saturated carbocycles. The minimum absolute atomic E-state index is 0.828. The molecule has 0 unspecified atom stereocenters. The minimum atomic E-state index is 0.828. The van der Waals surface area contributed by atoms with Crippen molar-refractivity contribution in [3.8, 4) is 0 Å². The van der Waals surface area contributed by atoms with Gasteiger partial charge in [0.05, 0.1) is 0 Å². The molecule has 0 aromatic carbocycles. The molecule has 2 bridgehead atoms. The second-order valence-corrected chi connectivity index (χ2v) is 62.8. The fourth-order valence-electron chi connectivity index (χ4n) is 1.31. The largest absolute Gasteiger partial charge is 0.0483 e. The van der Waals surface area contributed by atoms with Gasteiger partial charge >= 0.3 is 0 Å². The van der Waals surface area contributed by atoms with Crippen LogP contribution in [0.1, 0.15) is 0 Å². The standard InChI is InChI=1S/H8Si7/c1-2-7-4-3-6(1)5-7/h1-2H,3-5H2. The third-order valence-electron chi connectivity index (χ3n) is 1.78. The summed E-state index contributed by atoms with van der Waals surface area (Å²) in [5.74, 6) is 0. The molecule has 1 fully saturated rings. The first-order valence-corrected chi connectivity index (χ1v) is 25.4. The lowest BCUT2D eigenvalue weighted by atomic mass is 26.3. The van der Waals surface area contributed by atoms with Crippen molar-refractivity contribution < 1.29 is 0 Å². The van der Waals surface area contributed by atoms with Gasteiger partial charge in [-0.1, -0.05) is 0 Å². The number of hydrogen-bond acceptors (Lipinski definition) is 0. The van der Waals surface area contributed by atoms with Crippen molar-refractivity contribution in [3.63, 3.8) is 0 Å². The van der Waals surface area contributed by atoms with Crippen LogP contribution in [-0.4, -0.2) is 55.8 Å². The molecule has 2 heterocycles. The zero-order valence-electron chi connectivity index (χ0n) is 4.28. The Morgan fingerprint density at radius 2 is 1.57 bits per heavy atom. The topological polar surface area (TPSA) is 0 Å². The summed E-state index contributed by atoms with van der Waals surface area (Å²) in [5, 5.41) is 0. The molecule has 0 aromatic heterocycles. The van der Waals surface area contributed by atoms with E-state index in [0.29, 0.717) is 0 Å². The minimum Gasteiger partial charge on any atom is -0.0483 e. The molecule has 0 aromatic rings. The first kappa shape index (κ1) is 5.31. The molecule has 2 aliphatic rings. The summed E-state index contributed by atoms with van der Waals surface area (Å²) >= 11 is 0. The first-order valence-electron chi connectivity index (χ1n) is 2.82. The normalized spacial score (nSPS) is 35.4. The maximum absolute atomic E-state index is 1.32. The van der Waals surface area contributed by atoms with Crippen molar-refractivity contribution in [2.75, 3.05) is 0 Å². The van der Waals surface area contributed by atoms with Crippen LogP contribution in [0.3, 0.4) is 0 Å². The Labute approximate surface area is 55.8 Å². The predicted octanol–water partition coefficient (Wildman–Crippen LogP) is -4.81. The maximum atomic E-state index is 1.32. The molecule has 2 rings (SSSR count). The predicted molar refractivity (Wildman–Crippen MR) is 51.4 cm³/mol. The molecule has 1 saturated heterocycles. The van der Waals surface area contributed by atoms with Crippen LogP contribution in [0.2, 0.25) is 0 Å². The highest BCUT2D eigenvalue weighted by Crippen LogP contribution is 1.81. The monoisotopic (exact) mass is 204 g/mol. The molecule has 36 valence electrons. The molecular formula is H8Si7. The van der Waals surface area contributed by atoms with Gasteiger partial charge in [-0.15, -0.1) is 0 Å². The molecular weight excluding hydrogens is 197 g/mol. The summed E-state index contributed by atoms with van der Waals surface area (Å²) in [6, 6.07) is 0. The average Bonchev–Trinajstić information content (AvgIpc) is 2.22. The Kier molecular flexibility index (Phi) is 1.55. The second kappa shape index (κ2) is 2.04. The van der Waals surface area contributed by atoms with E-state index in [2.05, 4.69) is 0 Å². The van der Waals surface area contributed by atoms with E-state index in [-0.39, 0.29) is 0 Å². The molecule has 0 N–H and O–H groups in total. The van der Waals surface area contributed by atoms with Crippen molar-refractivity contribution in [2.45, 2.75) is 0 Å². The highest BCUT2D eigenvalue weighted by molar-refractivity contribution is 7.94. The van der Waals surface area contributed by atoms with E-state index in [0.717, 1.165) is 39.5 Å². The molecule has 0 radical (unpaired) electrons. The molecule has 0 nitrogen and oxygen atoms in total. The van der Waals surface area contributed by atoms with Gasteiger partial charge in [0, 0.05) is 25.7 Å². The Morgan fingerprint density at radius 3 is 1.71 bits per heavy atom. The van der Waals surface area contributed by atoms with Crippen molar-refractivity contribution in [1.82, 2.24) is 0 Å². The fraction of sp³-hybridized carbons (Fsp3) is 0. The Balaban J connectivity index is 2.45. The Hall–Kier alpha value is 1.52. The third kappa shape index (κ3) is 0.951. The van der Waals surface area contributed by atoms with E-state index in [4.69, 9.17) is 0 Å². The summed E-state index contributed by atoms with van der Waals surface area (Å²) in [7, 11) is 5.36. The van der Waals surface area contributed by atoms with Crippen LogP contribution in [0.4, 0.5) is 0 Å². The van der Waals surface area contributed by atoms with Crippen molar-refractivity contribution >= 4 is 55.8 Å². The average molecular weight is 205 g/mol. The van der Waals surface area contributed by atoms with Crippen LogP contribution in [0.15, 0.2) is 0 Å². The molecule has 7 heteroatoms. The molecule has 0 amide bonds. The summed E-state index contributed by atoms with van der Waals surface area (Å²) in [6.07, 6.45) is 0. The number of fused-ring (bicyclic) bond motifs is 2. The van der Waals surface area contributed by atoms with Gasteiger partial charge in [0.25, 0.3) is 0 Å². The van der Waals surface area contributed by atoms with E-state index in [1.807, 2.05) is 0 Å². The quantitative estimate of drug-likeness (QED) is 0.348. The third-order valence-corrected chi connectivity index (χ3v) is 144. The molecule has 0 atom stereocenters. The van der Waals surface area contributed by atoms with Gasteiger partial charge in [-0.3, -0.25) is 0 Å². The first-order chi connectivity index (χ1) is 3.45. The molecule has 0 spiro atoms. The lowest BCUT2D eigenvalue weighted by Gasteiger charge is -1.84. The van der Waals surface area contributed by atoms with Gasteiger partial charge in [0.1, 0.15) is 0 Å². The summed E-state index contributed by atoms with van der Waals surface area (Å²) < 4.78 is 0. The highest BCUT2D eigenvalue weighted by atomic mass is 30.3. The lowest BCUT2D eigenvalue weighted by Crippen LogP contribution is -2.20. The van der Waals surface area contributed by atoms with E-state index < -0.39 is 0 Å². The summed E-state index contributed by atoms with van der Waals surface area (Å²) in [6.45, 7) is 1.66. The van der Waals surface area contributed by atoms with Gasteiger partial charge in [-0.2, -0.15) is 0 Å². The summed E-state index contributed by atoms with van der Waals surface area (Å²) in [5.41, 5.74) is 0. The van der Waals surface area contributed by atoms with Crippen molar-refractivity contribution in [3.05, 3.63) is 0 Å². The zero-order valence-corrected chi connectivity index (χ0v) is 12.8. The fourth-order valence-corrected chi connectivity index (χ4v) is 318. The van der Waals surface area contributed by atoms with Crippen LogP contribution in [0.5, 0.6) is 0 Å². The van der Waals surface area contributed by atoms with E-state index >= 15 is 0 Å². The summed E-state index contributed by atoms with van der Waals surface area (Å²) in [4.78, 5) is 0. The SMILES string of the molecule is [SiH]1=[Si]2[SiH2][SiH2][Si](=[SiH]1)[SiH2]2. The van der Waals surface area contributed by atoms with Crippen LogP contribution in [0.25, 0.3) is 0 Å². The van der Waals surface area contributed by atoms with Gasteiger partial charge in [0.2, 0.25) is 0 Å². The zero-order chi connectivity index (χ0) is 4.69. The highest BCUT2D eigenvalue weighted by Gasteiger charge is 2.17. The van der Waals surface area contributed by atoms with Crippen LogP contribution in [-0.2, 0) is 0 Å². The Morgan fingerprint density at radius 1 is 1.00 bits per heavy atom. The van der Waals surface area contributed by atoms with Gasteiger partial charge in [-0.05, 0) is 30.1 Å². The van der Waals surface area contributed by atoms with Gasteiger partial charge < -0.3 is 0 Å². The van der Waals surface area contributed by atoms with E-state index in [9.17, 15) is 0 Å². The molecule has 7 heavy (non-hydrogen) atoms. The Bertz CT molecular complexity index is 131. The lowest BCUT2D eigenvalue weighted by molar-refractivity contribution is 3.93. The molecule has 2 aliphatic heterocycles. The smallest absolute Gasteiger partial charge is 0.0269 e. The van der Waals surface area contributed by atoms with E-state index in [1.54, 1.807) is 0 Å². The van der Waals surface area contributed by atoms with Crippen LogP contribution in [0, 0.1) is 0 Å². The number of rotatable bonds is 0. The number of hydrogen-bond donors (Lipinski definition) is 0. The van der Waals surface area contributed by atoms with E-state index in [1.165, 1.54) is 16.3 Å².